The molecular weight excluding hydrogens is 714 g/mol. The second-order valence-electron chi connectivity index (χ2n) is 14.6. The first-order chi connectivity index (χ1) is 24.7. The van der Waals surface area contributed by atoms with Crippen LogP contribution < -0.4 is 24.8 Å². The number of sulfonamides is 1. The first-order valence-electron chi connectivity index (χ1n) is 18.0. The summed E-state index contributed by atoms with van der Waals surface area (Å²) in [5, 5.41) is 16.0. The van der Waals surface area contributed by atoms with Gasteiger partial charge in [0, 0.05) is 34.2 Å². The van der Waals surface area contributed by atoms with Crippen LogP contribution in [0.15, 0.2) is 36.4 Å². The Hall–Kier alpha value is -4.11. The number of ether oxygens (including phenoxy) is 2. The molecule has 2 aliphatic heterocycles. The second-order valence-corrected chi connectivity index (χ2v) is 17.0. The molecule has 52 heavy (non-hydrogen) atoms. The van der Waals surface area contributed by atoms with Crippen LogP contribution in [-0.4, -0.2) is 89.4 Å². The van der Waals surface area contributed by atoms with Gasteiger partial charge in [0.05, 0.1) is 18.4 Å². The van der Waals surface area contributed by atoms with Crippen molar-refractivity contribution in [3.8, 4) is 11.8 Å². The molecule has 14 nitrogen and oxygen atoms in total. The SMILES string of the molecule is CCCOc1cc2c(Cl)cccc2c(O[C@@H]2C[C@H]3C(=O)N[C@]4(C(=O)NS(=O)(=O)C5CC5)C[C@H]4/C=C\CC[C@H](C)C[C@@H](C)[C@H](NC(=O)O)C(=O)N3C2)n1. The molecule has 3 heterocycles. The first-order valence-corrected chi connectivity index (χ1v) is 19.9. The number of pyridine rings is 1. The molecule has 4 N–H and O–H groups in total. The Morgan fingerprint density at radius 1 is 1.15 bits per heavy atom. The van der Waals surface area contributed by atoms with Gasteiger partial charge in [0.2, 0.25) is 33.6 Å². The van der Waals surface area contributed by atoms with Crippen molar-refractivity contribution in [2.24, 2.45) is 17.8 Å². The van der Waals surface area contributed by atoms with Gasteiger partial charge in [-0.3, -0.25) is 19.1 Å². The van der Waals surface area contributed by atoms with Crippen LogP contribution in [0.3, 0.4) is 0 Å². The number of benzene rings is 1. The third-order valence-corrected chi connectivity index (χ3v) is 12.5. The number of hydrogen-bond donors (Lipinski definition) is 4. The molecule has 1 aromatic heterocycles. The zero-order valence-corrected chi connectivity index (χ0v) is 31.0. The van der Waals surface area contributed by atoms with Crippen LogP contribution in [0.4, 0.5) is 4.79 Å². The maximum Gasteiger partial charge on any atom is 0.405 e. The van der Waals surface area contributed by atoms with Gasteiger partial charge in [0.1, 0.15) is 23.7 Å². The number of carbonyl (C=O) groups excluding carboxylic acids is 3. The largest absolute Gasteiger partial charge is 0.478 e. The highest BCUT2D eigenvalue weighted by Gasteiger charge is 2.62. The lowest BCUT2D eigenvalue weighted by Crippen LogP contribution is -2.59. The number of allylic oxidation sites excluding steroid dienone is 1. The molecule has 2 aliphatic carbocycles. The number of nitrogens with zero attached hydrogens (tertiary/aromatic N) is 2. The number of aromatic nitrogens is 1. The quantitative estimate of drug-likeness (QED) is 0.270. The summed E-state index contributed by atoms with van der Waals surface area (Å²) in [6.45, 7) is 6.09. The average Bonchev–Trinajstić information content (AvgIpc) is 4.01. The van der Waals surface area contributed by atoms with Crippen LogP contribution in [0, 0.1) is 17.8 Å². The van der Waals surface area contributed by atoms with E-state index in [0.717, 1.165) is 12.8 Å². The van der Waals surface area contributed by atoms with Crippen molar-refractivity contribution in [3.63, 3.8) is 0 Å². The van der Waals surface area contributed by atoms with Crippen LogP contribution in [0.1, 0.15) is 72.1 Å². The topological polar surface area (TPSA) is 193 Å². The summed E-state index contributed by atoms with van der Waals surface area (Å²) in [7, 11) is -3.91. The molecule has 1 aromatic carbocycles. The smallest absolute Gasteiger partial charge is 0.405 e. The molecule has 0 radical (unpaired) electrons. The summed E-state index contributed by atoms with van der Waals surface area (Å²) in [4.78, 5) is 60.3. The van der Waals surface area contributed by atoms with Crippen molar-refractivity contribution in [2.45, 2.75) is 101 Å². The lowest BCUT2D eigenvalue weighted by Gasteiger charge is -2.32. The molecule has 4 aliphatic rings. The van der Waals surface area contributed by atoms with E-state index in [2.05, 4.69) is 20.3 Å². The van der Waals surface area contributed by atoms with Crippen LogP contribution in [0.5, 0.6) is 11.8 Å². The Labute approximate surface area is 308 Å². The molecule has 2 saturated carbocycles. The summed E-state index contributed by atoms with van der Waals surface area (Å²) >= 11 is 6.54. The normalized spacial score (nSPS) is 30.2. The van der Waals surface area contributed by atoms with Gasteiger partial charge in [-0.05, 0) is 68.9 Å². The fourth-order valence-corrected chi connectivity index (χ4v) is 8.94. The predicted molar refractivity (Wildman–Crippen MR) is 192 cm³/mol. The van der Waals surface area contributed by atoms with Crippen LogP contribution in [0.25, 0.3) is 10.8 Å². The lowest BCUT2D eigenvalue weighted by atomic mass is 9.88. The van der Waals surface area contributed by atoms with Crippen molar-refractivity contribution < 1.29 is 42.2 Å². The minimum absolute atomic E-state index is 0.0233. The highest BCUT2D eigenvalue weighted by molar-refractivity contribution is 7.91. The van der Waals surface area contributed by atoms with E-state index in [1.807, 2.05) is 26.0 Å². The Bertz CT molecular complexity index is 1870. The van der Waals surface area contributed by atoms with E-state index in [1.54, 1.807) is 31.2 Å². The van der Waals surface area contributed by atoms with Gasteiger partial charge in [0.15, 0.2) is 0 Å². The zero-order valence-electron chi connectivity index (χ0n) is 29.5. The van der Waals surface area contributed by atoms with Crippen molar-refractivity contribution >= 4 is 56.2 Å². The van der Waals surface area contributed by atoms with Crippen LogP contribution >= 0.6 is 11.6 Å². The molecule has 0 unspecified atom stereocenters. The fraction of sp³-hybridized carbons (Fsp3) is 0.583. The third kappa shape index (κ3) is 8.09. The number of rotatable bonds is 9. The standard InChI is InChI=1S/C36H46ClN5O9S/c1-4-14-50-29-17-26-25(10-7-11-27(26)37)32(38-29)51-23-16-28-31(43)40-36(34(45)41-52(48,49)24-12-13-24)18-22(36)9-6-5-8-20(2)15-21(3)30(39-35(46)47)33(44)42(28)19-23/h6-7,9-11,17,20-24,28,30,39H,4-5,8,12-16,18-19H2,1-3H3,(H,40,43)(H,41,45)(H,46,47)/b9-6-/t20-,21+,22+,23+,28-,30-,36+/m0/s1. The summed E-state index contributed by atoms with van der Waals surface area (Å²) < 4.78 is 40.1. The number of amides is 4. The summed E-state index contributed by atoms with van der Waals surface area (Å²) in [6, 6.07) is 4.62. The molecule has 0 spiro atoms. The van der Waals surface area contributed by atoms with E-state index in [1.165, 1.54) is 4.90 Å². The van der Waals surface area contributed by atoms with E-state index in [4.69, 9.17) is 21.1 Å². The fourth-order valence-electron chi connectivity index (χ4n) is 7.35. The summed E-state index contributed by atoms with van der Waals surface area (Å²) in [5.41, 5.74) is -1.54. The minimum atomic E-state index is -3.91. The van der Waals surface area contributed by atoms with Gasteiger partial charge in [-0.15, -0.1) is 0 Å². The number of nitrogens with one attached hydrogen (secondary N) is 3. The molecule has 2 aromatic rings. The average molecular weight is 760 g/mol. The van der Waals surface area contributed by atoms with Gasteiger partial charge in [-0.1, -0.05) is 50.6 Å². The molecule has 3 fully saturated rings. The first kappa shape index (κ1) is 37.6. The van der Waals surface area contributed by atoms with E-state index in [-0.39, 0.29) is 37.1 Å². The van der Waals surface area contributed by atoms with E-state index in [0.29, 0.717) is 48.1 Å². The monoisotopic (exact) mass is 759 g/mol. The van der Waals surface area contributed by atoms with Crippen molar-refractivity contribution in [2.75, 3.05) is 13.2 Å². The number of halogens is 1. The third-order valence-electron chi connectivity index (χ3n) is 10.4. The van der Waals surface area contributed by atoms with Gasteiger partial charge in [-0.25, -0.2) is 13.2 Å². The van der Waals surface area contributed by atoms with Crippen molar-refractivity contribution in [3.05, 3.63) is 41.4 Å². The number of hydrogen-bond acceptors (Lipinski definition) is 9. The van der Waals surface area contributed by atoms with E-state index >= 15 is 0 Å². The highest BCUT2D eigenvalue weighted by atomic mass is 35.5. The Balaban J connectivity index is 1.35. The van der Waals surface area contributed by atoms with Crippen LogP contribution in [0.2, 0.25) is 5.02 Å². The van der Waals surface area contributed by atoms with Crippen molar-refractivity contribution in [1.29, 1.82) is 0 Å². The molecule has 16 heteroatoms. The number of fused-ring (bicyclic) bond motifs is 3. The lowest BCUT2D eigenvalue weighted by molar-refractivity contribution is -0.142. The van der Waals surface area contributed by atoms with Crippen molar-refractivity contribution in [1.82, 2.24) is 25.2 Å². The number of carboxylic acid groups (broad SMARTS) is 1. The summed E-state index contributed by atoms with van der Waals surface area (Å²) in [5.74, 6) is -2.41. The van der Waals surface area contributed by atoms with Gasteiger partial charge in [0.25, 0.3) is 5.91 Å². The Morgan fingerprint density at radius 3 is 2.63 bits per heavy atom. The van der Waals surface area contributed by atoms with Crippen LogP contribution in [-0.2, 0) is 24.4 Å². The van der Waals surface area contributed by atoms with E-state index in [9.17, 15) is 32.7 Å². The minimum Gasteiger partial charge on any atom is -0.478 e. The summed E-state index contributed by atoms with van der Waals surface area (Å²) in [6.07, 6.45) is 5.32. The van der Waals surface area contributed by atoms with Gasteiger partial charge >= 0.3 is 6.09 Å². The molecule has 6 rings (SSSR count). The Morgan fingerprint density at radius 2 is 1.92 bits per heavy atom. The molecule has 0 bridgehead atoms. The molecular formula is C36H46ClN5O9S. The maximum absolute atomic E-state index is 14.4. The van der Waals surface area contributed by atoms with E-state index < -0.39 is 74.7 Å². The molecule has 7 atom stereocenters. The Kier molecular flexibility index (Phi) is 10.9. The zero-order chi connectivity index (χ0) is 37.4. The molecule has 4 amide bonds. The second kappa shape index (κ2) is 15.1. The highest BCUT2D eigenvalue weighted by Crippen LogP contribution is 2.46. The predicted octanol–water partition coefficient (Wildman–Crippen LogP) is 4.16. The number of carbonyl (C=O) groups is 4. The molecule has 1 saturated heterocycles. The maximum atomic E-state index is 14.4. The van der Waals surface area contributed by atoms with Gasteiger partial charge < -0.3 is 30.1 Å². The molecule has 282 valence electrons. The van der Waals surface area contributed by atoms with Gasteiger partial charge in [-0.2, -0.15) is 4.98 Å².